The van der Waals surface area contributed by atoms with E-state index in [1.807, 2.05) is 6.07 Å². The van der Waals surface area contributed by atoms with Gasteiger partial charge in [0.15, 0.2) is 0 Å². The second-order valence-electron chi connectivity index (χ2n) is 4.56. The first-order valence-electron chi connectivity index (χ1n) is 5.83. The molecule has 2 rings (SSSR count). The fourth-order valence-corrected chi connectivity index (χ4v) is 2.76. The minimum atomic E-state index is -3.10. The molecule has 0 radical (unpaired) electrons. The fraction of sp³-hybridized carbons (Fsp3) is 0.417. The molecule has 1 fully saturated rings. The largest absolute Gasteiger partial charge is 0.321 e. The van der Waals surface area contributed by atoms with Gasteiger partial charge in [-0.15, -0.1) is 0 Å². The molecule has 1 aromatic rings. The molecule has 1 saturated heterocycles. The van der Waals surface area contributed by atoms with Gasteiger partial charge in [0.05, 0.1) is 12.3 Å². The number of hydrogen-bond donors (Lipinski definition) is 1. The van der Waals surface area contributed by atoms with Crippen molar-refractivity contribution in [1.82, 2.24) is 10.2 Å². The maximum absolute atomic E-state index is 11.8. The van der Waals surface area contributed by atoms with Gasteiger partial charge in [-0.2, -0.15) is 0 Å². The van der Waals surface area contributed by atoms with Crippen molar-refractivity contribution in [3.63, 3.8) is 0 Å². The first-order valence-corrected chi connectivity index (χ1v) is 8.27. The average Bonchev–Trinajstić information content (AvgIpc) is 2.67. The number of amides is 1. The molecule has 104 valence electrons. The Balaban J connectivity index is 2.17. The fourth-order valence-electron chi connectivity index (χ4n) is 2.03. The van der Waals surface area contributed by atoms with E-state index in [1.54, 1.807) is 18.2 Å². The van der Waals surface area contributed by atoms with Crippen molar-refractivity contribution in [2.75, 3.05) is 25.1 Å². The Morgan fingerprint density at radius 2 is 2.21 bits per heavy atom. The summed E-state index contributed by atoms with van der Waals surface area (Å²) in [7, 11) is -3.10. The van der Waals surface area contributed by atoms with Gasteiger partial charge in [-0.05, 0) is 17.7 Å². The van der Waals surface area contributed by atoms with Crippen molar-refractivity contribution in [2.24, 2.45) is 0 Å². The summed E-state index contributed by atoms with van der Waals surface area (Å²) in [6.07, 6.45) is 0.850. The van der Waals surface area contributed by atoms with E-state index in [0.717, 1.165) is 11.8 Å². The van der Waals surface area contributed by atoms with E-state index in [-0.39, 0.29) is 30.9 Å². The van der Waals surface area contributed by atoms with Gasteiger partial charge >= 0.3 is 0 Å². The summed E-state index contributed by atoms with van der Waals surface area (Å²) < 4.78 is 22.4. The zero-order chi connectivity index (χ0) is 14.0. The van der Waals surface area contributed by atoms with Gasteiger partial charge in [0.25, 0.3) is 0 Å². The summed E-state index contributed by atoms with van der Waals surface area (Å²) >= 11 is 5.93. The summed E-state index contributed by atoms with van der Waals surface area (Å²) in [6.45, 7) is 0.392. The molecule has 0 saturated carbocycles. The molecule has 1 aliphatic heterocycles. The van der Waals surface area contributed by atoms with Crippen molar-refractivity contribution in [3.8, 4) is 0 Å². The molecule has 1 aromatic carbocycles. The number of nitrogens with zero attached hydrogens (tertiary/aromatic N) is 1. The number of nitrogens with one attached hydrogen (secondary N) is 1. The second-order valence-corrected chi connectivity index (χ2v) is 7.25. The molecule has 0 spiro atoms. The highest BCUT2D eigenvalue weighted by Gasteiger charge is 2.31. The minimum absolute atomic E-state index is 0.0442. The van der Waals surface area contributed by atoms with Crippen LogP contribution in [0, 0.1) is 0 Å². The number of benzene rings is 1. The van der Waals surface area contributed by atoms with Gasteiger partial charge in [0.2, 0.25) is 5.91 Å². The van der Waals surface area contributed by atoms with Crippen LogP contribution in [0.15, 0.2) is 24.3 Å². The van der Waals surface area contributed by atoms with Crippen LogP contribution in [0.4, 0.5) is 0 Å². The SMILES string of the molecule is CS(=O)(=O)CCN1C(=O)CNC1c1cccc(Cl)c1. The maximum atomic E-state index is 11.8. The van der Waals surface area contributed by atoms with Crippen LogP contribution in [0.1, 0.15) is 11.7 Å². The number of hydrogen-bond acceptors (Lipinski definition) is 4. The highest BCUT2D eigenvalue weighted by molar-refractivity contribution is 7.90. The van der Waals surface area contributed by atoms with E-state index in [0.29, 0.717) is 5.02 Å². The van der Waals surface area contributed by atoms with Gasteiger partial charge in [0.1, 0.15) is 16.0 Å². The number of sulfone groups is 1. The van der Waals surface area contributed by atoms with Crippen LogP contribution in [-0.2, 0) is 14.6 Å². The molecule has 1 atom stereocenters. The van der Waals surface area contributed by atoms with Crippen LogP contribution in [0.25, 0.3) is 0 Å². The van der Waals surface area contributed by atoms with E-state index in [1.165, 1.54) is 4.90 Å². The molecule has 1 heterocycles. The minimum Gasteiger partial charge on any atom is -0.321 e. The van der Waals surface area contributed by atoms with Gasteiger partial charge in [-0.25, -0.2) is 8.42 Å². The molecule has 0 bridgehead atoms. The van der Waals surface area contributed by atoms with Crippen LogP contribution in [0.5, 0.6) is 0 Å². The van der Waals surface area contributed by atoms with Crippen LogP contribution in [0.3, 0.4) is 0 Å². The van der Waals surface area contributed by atoms with E-state index in [4.69, 9.17) is 11.6 Å². The predicted molar refractivity (Wildman–Crippen MR) is 73.6 cm³/mol. The molecule has 1 N–H and O–H groups in total. The molecule has 5 nitrogen and oxygen atoms in total. The molecule has 7 heteroatoms. The van der Waals surface area contributed by atoms with Crippen molar-refractivity contribution in [2.45, 2.75) is 6.17 Å². The lowest BCUT2D eigenvalue weighted by Gasteiger charge is -2.24. The Labute approximate surface area is 117 Å². The van der Waals surface area contributed by atoms with Crippen molar-refractivity contribution in [1.29, 1.82) is 0 Å². The van der Waals surface area contributed by atoms with E-state index < -0.39 is 9.84 Å². The number of carbonyl (C=O) groups excluding carboxylic acids is 1. The third-order valence-corrected chi connectivity index (χ3v) is 4.11. The van der Waals surface area contributed by atoms with E-state index >= 15 is 0 Å². The van der Waals surface area contributed by atoms with Crippen LogP contribution >= 0.6 is 11.6 Å². The summed E-state index contributed by atoms with van der Waals surface area (Å²) in [5.74, 6) is -0.147. The Morgan fingerprint density at radius 1 is 1.47 bits per heavy atom. The Morgan fingerprint density at radius 3 is 2.84 bits per heavy atom. The lowest BCUT2D eigenvalue weighted by atomic mass is 10.1. The van der Waals surface area contributed by atoms with Crippen molar-refractivity contribution >= 4 is 27.3 Å². The molecular formula is C12H15ClN2O3S. The van der Waals surface area contributed by atoms with Gasteiger partial charge in [-0.1, -0.05) is 23.7 Å². The summed E-state index contributed by atoms with van der Waals surface area (Å²) in [4.78, 5) is 13.3. The summed E-state index contributed by atoms with van der Waals surface area (Å²) in [5.41, 5.74) is 0.854. The molecule has 1 unspecified atom stereocenters. The Bertz CT molecular complexity index is 588. The first kappa shape index (κ1) is 14.3. The number of rotatable bonds is 4. The lowest BCUT2D eigenvalue weighted by molar-refractivity contribution is -0.127. The average molecular weight is 303 g/mol. The van der Waals surface area contributed by atoms with Gasteiger partial charge in [0, 0.05) is 17.8 Å². The molecule has 1 amide bonds. The van der Waals surface area contributed by atoms with E-state index in [9.17, 15) is 13.2 Å². The van der Waals surface area contributed by atoms with Crippen molar-refractivity contribution < 1.29 is 13.2 Å². The molecule has 0 aliphatic carbocycles. The number of halogens is 1. The quantitative estimate of drug-likeness (QED) is 0.894. The van der Waals surface area contributed by atoms with E-state index in [2.05, 4.69) is 5.32 Å². The topological polar surface area (TPSA) is 66.5 Å². The number of carbonyl (C=O) groups is 1. The van der Waals surface area contributed by atoms with Gasteiger partial charge < -0.3 is 4.90 Å². The third kappa shape index (κ3) is 3.68. The van der Waals surface area contributed by atoms with Crippen LogP contribution in [-0.4, -0.2) is 44.3 Å². The molecule has 0 aromatic heterocycles. The zero-order valence-corrected chi connectivity index (χ0v) is 12.0. The monoisotopic (exact) mass is 302 g/mol. The van der Waals surface area contributed by atoms with Crippen LogP contribution in [0.2, 0.25) is 5.02 Å². The molecule has 1 aliphatic rings. The zero-order valence-electron chi connectivity index (χ0n) is 10.5. The molecular weight excluding hydrogens is 288 g/mol. The smallest absolute Gasteiger partial charge is 0.238 e. The standard InChI is InChI=1S/C12H15ClN2O3S/c1-19(17,18)6-5-15-11(16)8-14-12(15)9-3-2-4-10(13)7-9/h2-4,7,12,14H,5-6,8H2,1H3. The molecule has 19 heavy (non-hydrogen) atoms. The van der Waals surface area contributed by atoms with Crippen molar-refractivity contribution in [3.05, 3.63) is 34.9 Å². The third-order valence-electron chi connectivity index (χ3n) is 2.95. The first-order chi connectivity index (χ1) is 8.87. The Hall–Kier alpha value is -1.11. The Kier molecular flexibility index (Phi) is 4.13. The summed E-state index contributed by atoms with van der Waals surface area (Å²) in [6, 6.07) is 7.18. The highest BCUT2D eigenvalue weighted by atomic mass is 35.5. The maximum Gasteiger partial charge on any atom is 0.238 e. The van der Waals surface area contributed by atoms with Gasteiger partial charge in [-0.3, -0.25) is 10.1 Å². The highest BCUT2D eigenvalue weighted by Crippen LogP contribution is 2.24. The lowest BCUT2D eigenvalue weighted by Crippen LogP contribution is -2.34. The normalized spacial score (nSPS) is 20.0. The second kappa shape index (κ2) is 5.48. The summed E-state index contributed by atoms with van der Waals surface area (Å²) in [5, 5.41) is 3.64. The predicted octanol–water partition coefficient (Wildman–Crippen LogP) is 0.815. The van der Waals surface area contributed by atoms with Crippen LogP contribution < -0.4 is 5.32 Å².